The van der Waals surface area contributed by atoms with Gasteiger partial charge in [-0.3, -0.25) is 0 Å². The zero-order valence-electron chi connectivity index (χ0n) is 14.0. The third kappa shape index (κ3) is 3.10. The fraction of sp³-hybridized carbons (Fsp3) is 0.0500. The minimum absolute atomic E-state index is 0.124. The SMILES string of the molecule is N=Cc1cc(-c2ccc(F)cc2)c2ccc(Cn3c(O)coc3=O)cc2n1. The van der Waals surface area contributed by atoms with Crippen LogP contribution in [-0.2, 0) is 6.54 Å². The van der Waals surface area contributed by atoms with Crippen LogP contribution >= 0.6 is 0 Å². The van der Waals surface area contributed by atoms with E-state index in [-0.39, 0.29) is 18.2 Å². The average molecular weight is 363 g/mol. The lowest BCUT2D eigenvalue weighted by atomic mass is 9.99. The summed E-state index contributed by atoms with van der Waals surface area (Å²) >= 11 is 0. The Kier molecular flexibility index (Phi) is 4.04. The van der Waals surface area contributed by atoms with Gasteiger partial charge in [-0.25, -0.2) is 18.7 Å². The highest BCUT2D eigenvalue weighted by atomic mass is 19.1. The van der Waals surface area contributed by atoms with Gasteiger partial charge in [0, 0.05) is 11.6 Å². The van der Waals surface area contributed by atoms with E-state index in [4.69, 9.17) is 5.41 Å². The Bertz CT molecular complexity index is 1210. The number of hydrogen-bond donors (Lipinski definition) is 2. The standard InChI is InChI=1S/C20H14FN3O3/c21-14-4-2-13(3-5-14)17-8-15(9-22)23-18-7-12(1-6-16(17)18)10-24-19(25)11-27-20(24)26/h1-9,11,22,25H,10H2. The van der Waals surface area contributed by atoms with E-state index in [1.54, 1.807) is 24.3 Å². The minimum Gasteiger partial charge on any atom is -0.492 e. The molecule has 0 saturated carbocycles. The van der Waals surface area contributed by atoms with E-state index in [9.17, 15) is 14.3 Å². The lowest BCUT2D eigenvalue weighted by Crippen LogP contribution is -2.14. The first-order valence-corrected chi connectivity index (χ1v) is 8.12. The van der Waals surface area contributed by atoms with Gasteiger partial charge in [-0.05, 0) is 41.0 Å². The van der Waals surface area contributed by atoms with E-state index in [2.05, 4.69) is 9.40 Å². The minimum atomic E-state index is -0.652. The first-order chi connectivity index (χ1) is 13.0. The molecule has 0 amide bonds. The van der Waals surface area contributed by atoms with Crippen LogP contribution in [0.5, 0.6) is 5.88 Å². The Balaban J connectivity index is 1.85. The monoisotopic (exact) mass is 363 g/mol. The molecule has 6 nitrogen and oxygen atoms in total. The van der Waals surface area contributed by atoms with Crippen molar-refractivity contribution in [1.29, 1.82) is 5.41 Å². The Morgan fingerprint density at radius 3 is 2.63 bits per heavy atom. The fourth-order valence-corrected chi connectivity index (χ4v) is 2.99. The second-order valence-electron chi connectivity index (χ2n) is 6.04. The molecule has 0 bridgehead atoms. The van der Waals surface area contributed by atoms with Crippen molar-refractivity contribution in [2.45, 2.75) is 6.54 Å². The highest BCUT2D eigenvalue weighted by Crippen LogP contribution is 2.29. The van der Waals surface area contributed by atoms with Crippen molar-refractivity contribution in [2.75, 3.05) is 0 Å². The first kappa shape index (κ1) is 16.7. The van der Waals surface area contributed by atoms with Gasteiger partial charge in [0.05, 0.1) is 17.8 Å². The maximum absolute atomic E-state index is 13.3. The highest BCUT2D eigenvalue weighted by molar-refractivity contribution is 5.97. The first-order valence-electron chi connectivity index (χ1n) is 8.12. The van der Waals surface area contributed by atoms with E-state index >= 15 is 0 Å². The second kappa shape index (κ2) is 6.53. The number of nitrogens with one attached hydrogen (secondary N) is 1. The summed E-state index contributed by atoms with van der Waals surface area (Å²) in [5, 5.41) is 18.1. The van der Waals surface area contributed by atoms with Gasteiger partial charge < -0.3 is 14.9 Å². The van der Waals surface area contributed by atoms with E-state index in [1.807, 2.05) is 12.1 Å². The number of fused-ring (bicyclic) bond motifs is 1. The smallest absolute Gasteiger partial charge is 0.422 e. The summed E-state index contributed by atoms with van der Waals surface area (Å²) < 4.78 is 19.0. The van der Waals surface area contributed by atoms with Gasteiger partial charge in [0.25, 0.3) is 0 Å². The van der Waals surface area contributed by atoms with Crippen LogP contribution in [0.2, 0.25) is 0 Å². The number of benzene rings is 2. The van der Waals surface area contributed by atoms with Crippen LogP contribution in [0.3, 0.4) is 0 Å². The summed E-state index contributed by atoms with van der Waals surface area (Å²) in [6.07, 6.45) is 2.13. The summed E-state index contributed by atoms with van der Waals surface area (Å²) in [7, 11) is 0. The molecule has 2 N–H and O–H groups in total. The van der Waals surface area contributed by atoms with Crippen molar-refractivity contribution in [1.82, 2.24) is 9.55 Å². The van der Waals surface area contributed by atoms with Crippen molar-refractivity contribution >= 4 is 17.1 Å². The maximum atomic E-state index is 13.3. The second-order valence-corrected chi connectivity index (χ2v) is 6.04. The molecule has 2 aromatic heterocycles. The molecule has 4 rings (SSSR count). The quantitative estimate of drug-likeness (QED) is 0.543. The predicted octanol–water partition coefficient (Wildman–Crippen LogP) is 3.55. The molecule has 134 valence electrons. The van der Waals surface area contributed by atoms with Crippen LogP contribution < -0.4 is 5.76 Å². The maximum Gasteiger partial charge on any atom is 0.422 e. The predicted molar refractivity (Wildman–Crippen MR) is 98.8 cm³/mol. The zero-order valence-corrected chi connectivity index (χ0v) is 14.0. The summed E-state index contributed by atoms with van der Waals surface area (Å²) in [4.78, 5) is 16.1. The van der Waals surface area contributed by atoms with Crippen LogP contribution in [0, 0.1) is 11.2 Å². The van der Waals surface area contributed by atoms with Gasteiger partial charge in [-0.1, -0.05) is 24.3 Å². The Hall–Kier alpha value is -3.74. The van der Waals surface area contributed by atoms with Crippen molar-refractivity contribution in [2.24, 2.45) is 0 Å². The molecule has 0 spiro atoms. The molecule has 2 heterocycles. The van der Waals surface area contributed by atoms with Crippen molar-refractivity contribution in [3.8, 4) is 17.0 Å². The number of nitrogens with zero attached hydrogens (tertiary/aromatic N) is 2. The molecule has 2 aromatic carbocycles. The fourth-order valence-electron chi connectivity index (χ4n) is 2.99. The largest absolute Gasteiger partial charge is 0.492 e. The normalized spacial score (nSPS) is 11.0. The molecule has 7 heteroatoms. The van der Waals surface area contributed by atoms with Crippen molar-refractivity contribution in [3.05, 3.63) is 82.4 Å². The number of hydrogen-bond acceptors (Lipinski definition) is 5. The van der Waals surface area contributed by atoms with Crippen LogP contribution in [-0.4, -0.2) is 20.9 Å². The summed E-state index contributed by atoms with van der Waals surface area (Å²) in [5.74, 6) is -1.23. The van der Waals surface area contributed by atoms with Crippen molar-refractivity contribution < 1.29 is 13.9 Å². The third-order valence-electron chi connectivity index (χ3n) is 4.30. The number of rotatable bonds is 4. The van der Waals surface area contributed by atoms with Gasteiger partial charge in [0.2, 0.25) is 5.88 Å². The number of oxazole rings is 1. The summed E-state index contributed by atoms with van der Waals surface area (Å²) in [6, 6.07) is 13.3. The van der Waals surface area contributed by atoms with Crippen LogP contribution in [0.25, 0.3) is 22.0 Å². The van der Waals surface area contributed by atoms with Crippen LogP contribution in [0.4, 0.5) is 4.39 Å². The molecule has 0 radical (unpaired) electrons. The molecule has 0 aliphatic carbocycles. The van der Waals surface area contributed by atoms with Gasteiger partial charge in [-0.2, -0.15) is 0 Å². The van der Waals surface area contributed by atoms with Crippen molar-refractivity contribution in [3.63, 3.8) is 0 Å². The number of aromatic nitrogens is 2. The molecule has 0 saturated heterocycles. The highest BCUT2D eigenvalue weighted by Gasteiger charge is 2.11. The van der Waals surface area contributed by atoms with Gasteiger partial charge in [0.1, 0.15) is 5.82 Å². The summed E-state index contributed by atoms with van der Waals surface area (Å²) in [6.45, 7) is 0.124. The molecule has 0 atom stereocenters. The Morgan fingerprint density at radius 1 is 1.19 bits per heavy atom. The topological polar surface area (TPSA) is 92.1 Å². The average Bonchev–Trinajstić information content (AvgIpc) is 2.99. The zero-order chi connectivity index (χ0) is 19.0. The molecular formula is C20H14FN3O3. The van der Waals surface area contributed by atoms with Crippen LogP contribution in [0.15, 0.2) is 64.0 Å². The number of aromatic hydroxyl groups is 1. The van der Waals surface area contributed by atoms with E-state index in [0.717, 1.165) is 39.1 Å². The van der Waals surface area contributed by atoms with Gasteiger partial charge in [0.15, 0.2) is 6.26 Å². The lowest BCUT2D eigenvalue weighted by molar-refractivity contribution is 0.421. The molecule has 0 aliphatic rings. The molecule has 27 heavy (non-hydrogen) atoms. The van der Waals surface area contributed by atoms with Gasteiger partial charge >= 0.3 is 5.76 Å². The molecule has 4 aromatic rings. The molecular weight excluding hydrogens is 349 g/mol. The van der Waals surface area contributed by atoms with Crippen LogP contribution in [0.1, 0.15) is 11.3 Å². The third-order valence-corrected chi connectivity index (χ3v) is 4.30. The van der Waals surface area contributed by atoms with E-state index in [1.165, 1.54) is 12.1 Å². The van der Waals surface area contributed by atoms with E-state index < -0.39 is 5.76 Å². The molecule has 0 aliphatic heterocycles. The number of halogens is 1. The number of pyridine rings is 1. The van der Waals surface area contributed by atoms with Gasteiger partial charge in [-0.15, -0.1) is 0 Å². The lowest BCUT2D eigenvalue weighted by Gasteiger charge is -2.10. The van der Waals surface area contributed by atoms with E-state index in [0.29, 0.717) is 11.2 Å². The Labute approximate surface area is 152 Å². The Morgan fingerprint density at radius 2 is 1.96 bits per heavy atom. The summed E-state index contributed by atoms with van der Waals surface area (Å²) in [5.41, 5.74) is 3.46. The molecule has 0 unspecified atom stereocenters. The molecule has 0 fully saturated rings.